The van der Waals surface area contributed by atoms with Gasteiger partial charge in [0.2, 0.25) is 0 Å². The first kappa shape index (κ1) is 26.9. The molecule has 0 spiro atoms. The van der Waals surface area contributed by atoms with E-state index >= 15 is 0 Å². The largest absolute Gasteiger partial charge is 0.492 e. The number of nitrogens with one attached hydrogen (secondary N) is 1. The number of sulfonamides is 1. The molecule has 0 saturated carbocycles. The number of amides is 1. The quantitative estimate of drug-likeness (QED) is 0.263. The first-order chi connectivity index (χ1) is 18.3. The Morgan fingerprint density at radius 3 is 2.21 bits per heavy atom. The van der Waals surface area contributed by atoms with Crippen LogP contribution in [0.15, 0.2) is 102 Å². The molecule has 1 amide bonds. The molecule has 196 valence electrons. The number of anilines is 1. The Morgan fingerprint density at radius 2 is 1.50 bits per heavy atom. The summed E-state index contributed by atoms with van der Waals surface area (Å²) in [5, 5.41) is 2.87. The van der Waals surface area contributed by atoms with Crippen LogP contribution >= 0.6 is 0 Å². The SMILES string of the molecule is Cc1ccc(S(=O)(=O)N(Cc2ccccc2)c2ccccc2C(=O)NCCOc2ccc(C)c(C)c2)cc1. The number of hydrogen-bond acceptors (Lipinski definition) is 4. The van der Waals surface area contributed by atoms with Crippen molar-refractivity contribution in [1.29, 1.82) is 0 Å². The average Bonchev–Trinajstić information content (AvgIpc) is 2.92. The molecule has 4 rings (SSSR count). The summed E-state index contributed by atoms with van der Waals surface area (Å²) in [6, 6.07) is 28.7. The summed E-state index contributed by atoms with van der Waals surface area (Å²) < 4.78 is 34.8. The van der Waals surface area contributed by atoms with Gasteiger partial charge in [0.05, 0.1) is 29.2 Å². The van der Waals surface area contributed by atoms with Gasteiger partial charge in [-0.3, -0.25) is 9.10 Å². The van der Waals surface area contributed by atoms with Crippen molar-refractivity contribution in [2.24, 2.45) is 0 Å². The van der Waals surface area contributed by atoms with Gasteiger partial charge in [-0.25, -0.2) is 8.42 Å². The number of rotatable bonds is 10. The van der Waals surface area contributed by atoms with Crippen LogP contribution in [-0.4, -0.2) is 27.5 Å². The summed E-state index contributed by atoms with van der Waals surface area (Å²) >= 11 is 0. The standard InChI is InChI=1S/C31H32N2O4S/c1-23-13-17-28(18-14-23)38(35,36)33(22-26-9-5-4-6-10-26)30-12-8-7-11-29(30)31(34)32-19-20-37-27-16-15-24(2)25(3)21-27/h4-18,21H,19-20,22H2,1-3H3,(H,32,34). The normalized spacial score (nSPS) is 11.1. The maximum absolute atomic E-state index is 13.9. The molecule has 0 aliphatic carbocycles. The number of carbonyl (C=O) groups excluding carboxylic acids is 1. The molecular weight excluding hydrogens is 496 g/mol. The molecule has 0 fully saturated rings. The van der Waals surface area contributed by atoms with Crippen molar-refractivity contribution in [2.75, 3.05) is 17.5 Å². The van der Waals surface area contributed by atoms with E-state index in [-0.39, 0.29) is 36.1 Å². The average molecular weight is 529 g/mol. The smallest absolute Gasteiger partial charge is 0.264 e. The second-order valence-corrected chi connectivity index (χ2v) is 11.0. The van der Waals surface area contributed by atoms with Crippen molar-refractivity contribution >= 4 is 21.6 Å². The molecule has 0 saturated heterocycles. The van der Waals surface area contributed by atoms with E-state index in [2.05, 4.69) is 5.32 Å². The predicted octanol–water partition coefficient (Wildman–Crippen LogP) is 5.82. The van der Waals surface area contributed by atoms with Crippen LogP contribution < -0.4 is 14.4 Å². The van der Waals surface area contributed by atoms with Crippen LogP contribution in [0.1, 0.15) is 32.6 Å². The third-order valence-corrected chi connectivity index (χ3v) is 8.10. The lowest BCUT2D eigenvalue weighted by Crippen LogP contribution is -2.34. The first-order valence-electron chi connectivity index (χ1n) is 12.5. The van der Waals surface area contributed by atoms with Crippen LogP contribution in [0, 0.1) is 20.8 Å². The summed E-state index contributed by atoms with van der Waals surface area (Å²) in [6.07, 6.45) is 0. The van der Waals surface area contributed by atoms with Gasteiger partial charge in [-0.15, -0.1) is 0 Å². The van der Waals surface area contributed by atoms with Crippen molar-refractivity contribution in [3.05, 3.63) is 125 Å². The van der Waals surface area contributed by atoms with Crippen molar-refractivity contribution in [1.82, 2.24) is 5.32 Å². The zero-order valence-corrected chi connectivity index (χ0v) is 22.7. The highest BCUT2D eigenvalue weighted by Crippen LogP contribution is 2.29. The molecule has 7 heteroatoms. The first-order valence-corrected chi connectivity index (χ1v) is 13.9. The monoisotopic (exact) mass is 528 g/mol. The van der Waals surface area contributed by atoms with Gasteiger partial charge >= 0.3 is 0 Å². The highest BCUT2D eigenvalue weighted by Gasteiger charge is 2.28. The van der Waals surface area contributed by atoms with E-state index in [1.165, 1.54) is 9.87 Å². The van der Waals surface area contributed by atoms with E-state index in [1.807, 2.05) is 69.3 Å². The lowest BCUT2D eigenvalue weighted by atomic mass is 10.1. The third kappa shape index (κ3) is 6.42. The van der Waals surface area contributed by atoms with E-state index in [0.717, 1.165) is 22.4 Å². The third-order valence-electron chi connectivity index (χ3n) is 6.33. The zero-order valence-electron chi connectivity index (χ0n) is 21.8. The van der Waals surface area contributed by atoms with Crippen LogP contribution in [0.3, 0.4) is 0 Å². The molecule has 0 heterocycles. The summed E-state index contributed by atoms with van der Waals surface area (Å²) in [6.45, 7) is 6.59. The number of ether oxygens (including phenoxy) is 1. The second kappa shape index (κ2) is 12.0. The Morgan fingerprint density at radius 1 is 0.816 bits per heavy atom. The Bertz CT molecular complexity index is 1500. The molecule has 0 radical (unpaired) electrons. The molecule has 0 aliphatic rings. The molecule has 0 aliphatic heterocycles. The second-order valence-electron chi connectivity index (χ2n) is 9.18. The topological polar surface area (TPSA) is 75.7 Å². The van der Waals surface area contributed by atoms with Gasteiger partial charge in [0, 0.05) is 0 Å². The van der Waals surface area contributed by atoms with E-state index < -0.39 is 10.0 Å². The molecule has 6 nitrogen and oxygen atoms in total. The summed E-state index contributed by atoms with van der Waals surface area (Å²) in [4.78, 5) is 13.4. The van der Waals surface area contributed by atoms with Gasteiger partial charge in [0.25, 0.3) is 15.9 Å². The van der Waals surface area contributed by atoms with Gasteiger partial charge < -0.3 is 10.1 Å². The number of carbonyl (C=O) groups is 1. The molecule has 0 atom stereocenters. The fourth-order valence-corrected chi connectivity index (χ4v) is 5.47. The van der Waals surface area contributed by atoms with Crippen LogP contribution in [0.5, 0.6) is 5.75 Å². The van der Waals surface area contributed by atoms with Crippen LogP contribution in [0.4, 0.5) is 5.69 Å². The summed E-state index contributed by atoms with van der Waals surface area (Å²) in [7, 11) is -3.97. The predicted molar refractivity (Wildman–Crippen MR) is 151 cm³/mol. The van der Waals surface area contributed by atoms with Gasteiger partial charge in [-0.05, 0) is 73.9 Å². The zero-order chi connectivity index (χ0) is 27.1. The minimum atomic E-state index is -3.97. The molecule has 38 heavy (non-hydrogen) atoms. The molecule has 0 bridgehead atoms. The Hall–Kier alpha value is -4.10. The molecule has 1 N–H and O–H groups in total. The van der Waals surface area contributed by atoms with Gasteiger partial charge in [-0.1, -0.05) is 66.2 Å². The highest BCUT2D eigenvalue weighted by atomic mass is 32.2. The highest BCUT2D eigenvalue weighted by molar-refractivity contribution is 7.92. The van der Waals surface area contributed by atoms with Crippen molar-refractivity contribution in [2.45, 2.75) is 32.2 Å². The van der Waals surface area contributed by atoms with Crippen molar-refractivity contribution in [3.8, 4) is 5.75 Å². The molecule has 0 unspecified atom stereocenters. The van der Waals surface area contributed by atoms with E-state index in [9.17, 15) is 13.2 Å². The molecule has 4 aromatic rings. The minimum absolute atomic E-state index is 0.0806. The fraction of sp³-hybridized carbons (Fsp3) is 0.194. The van der Waals surface area contributed by atoms with Gasteiger partial charge in [0.1, 0.15) is 12.4 Å². The van der Waals surface area contributed by atoms with Crippen molar-refractivity contribution in [3.63, 3.8) is 0 Å². The number of nitrogens with zero attached hydrogens (tertiary/aromatic N) is 1. The Labute approximate surface area is 225 Å². The maximum atomic E-state index is 13.9. The lowest BCUT2D eigenvalue weighted by Gasteiger charge is -2.26. The van der Waals surface area contributed by atoms with Crippen molar-refractivity contribution < 1.29 is 17.9 Å². The summed E-state index contributed by atoms with van der Waals surface area (Å²) in [5.74, 6) is 0.363. The van der Waals surface area contributed by atoms with E-state index in [0.29, 0.717) is 5.69 Å². The van der Waals surface area contributed by atoms with E-state index in [1.54, 1.807) is 48.5 Å². The Kier molecular flexibility index (Phi) is 8.48. The summed E-state index contributed by atoms with van der Waals surface area (Å²) in [5.41, 5.74) is 4.66. The van der Waals surface area contributed by atoms with Crippen LogP contribution in [-0.2, 0) is 16.6 Å². The molecular formula is C31H32N2O4S. The van der Waals surface area contributed by atoms with Crippen LogP contribution in [0.25, 0.3) is 0 Å². The number of para-hydroxylation sites is 1. The van der Waals surface area contributed by atoms with Gasteiger partial charge in [-0.2, -0.15) is 0 Å². The number of hydrogen-bond donors (Lipinski definition) is 1. The molecule has 4 aromatic carbocycles. The minimum Gasteiger partial charge on any atom is -0.492 e. The maximum Gasteiger partial charge on any atom is 0.264 e. The lowest BCUT2D eigenvalue weighted by molar-refractivity contribution is 0.0947. The molecule has 0 aromatic heterocycles. The number of benzene rings is 4. The number of aryl methyl sites for hydroxylation is 3. The van der Waals surface area contributed by atoms with Gasteiger partial charge in [0.15, 0.2) is 0 Å². The fourth-order valence-electron chi connectivity index (χ4n) is 4.00. The van der Waals surface area contributed by atoms with E-state index in [4.69, 9.17) is 4.74 Å². The van der Waals surface area contributed by atoms with Crippen LogP contribution in [0.2, 0.25) is 0 Å². The Balaban J connectivity index is 1.58.